The van der Waals surface area contributed by atoms with E-state index in [9.17, 15) is 0 Å². The van der Waals surface area contributed by atoms with Gasteiger partial charge in [0.1, 0.15) is 0 Å². The van der Waals surface area contributed by atoms with Crippen molar-refractivity contribution in [2.24, 2.45) is 0 Å². The highest BCUT2D eigenvalue weighted by Crippen LogP contribution is 2.29. The van der Waals surface area contributed by atoms with Crippen LogP contribution in [-0.4, -0.2) is 51.3 Å². The molecule has 152 valence electrons. The van der Waals surface area contributed by atoms with Gasteiger partial charge in [-0.1, -0.05) is 16.8 Å². The molecule has 0 aromatic carbocycles. The molecule has 3 aromatic heterocycles. The summed E-state index contributed by atoms with van der Waals surface area (Å²) in [6.07, 6.45) is 5.72. The van der Waals surface area contributed by atoms with E-state index < -0.39 is 0 Å². The Hall–Kier alpha value is -2.09. The van der Waals surface area contributed by atoms with E-state index in [4.69, 9.17) is 25.8 Å². The molecule has 7 nitrogen and oxygen atoms in total. The average Bonchev–Trinajstić information content (AvgIpc) is 3.23. The quantitative estimate of drug-likeness (QED) is 0.641. The summed E-state index contributed by atoms with van der Waals surface area (Å²) in [5.41, 5.74) is 1.88. The molecule has 0 bridgehead atoms. The number of rotatable bonds is 4. The minimum Gasteiger partial charge on any atom is -0.381 e. The van der Waals surface area contributed by atoms with Gasteiger partial charge in [-0.2, -0.15) is 4.98 Å². The number of halogens is 1. The Kier molecular flexibility index (Phi) is 5.44. The van der Waals surface area contributed by atoms with Gasteiger partial charge in [0.25, 0.3) is 0 Å². The topological polar surface area (TPSA) is 77.2 Å². The summed E-state index contributed by atoms with van der Waals surface area (Å²) in [5.74, 6) is 2.36. The molecule has 0 atom stereocenters. The van der Waals surface area contributed by atoms with Crippen molar-refractivity contribution in [2.75, 3.05) is 26.3 Å². The first-order valence-electron chi connectivity index (χ1n) is 10.3. The maximum absolute atomic E-state index is 6.02. The molecule has 0 saturated carbocycles. The van der Waals surface area contributed by atoms with Crippen molar-refractivity contribution in [3.05, 3.63) is 46.8 Å². The lowest BCUT2D eigenvalue weighted by Gasteiger charge is -2.30. The highest BCUT2D eigenvalue weighted by Gasteiger charge is 2.25. The number of piperidine rings is 1. The smallest absolute Gasteiger partial charge is 0.229 e. The second-order valence-electron chi connectivity index (χ2n) is 7.92. The van der Waals surface area contributed by atoms with E-state index in [1.54, 1.807) is 6.20 Å². The third-order valence-electron chi connectivity index (χ3n) is 5.96. The zero-order chi connectivity index (χ0) is 19.6. The van der Waals surface area contributed by atoms with Crippen LogP contribution in [0, 0.1) is 0 Å². The number of hydrogen-bond donors (Lipinski definition) is 0. The van der Waals surface area contributed by atoms with Crippen LogP contribution in [0.15, 0.2) is 28.9 Å². The van der Waals surface area contributed by atoms with Crippen LogP contribution < -0.4 is 0 Å². The lowest BCUT2D eigenvalue weighted by atomic mass is 9.93. The molecule has 29 heavy (non-hydrogen) atoms. The van der Waals surface area contributed by atoms with Gasteiger partial charge in [-0.05, 0) is 57.0 Å². The van der Waals surface area contributed by atoms with Crippen LogP contribution in [-0.2, 0) is 11.3 Å². The van der Waals surface area contributed by atoms with Crippen LogP contribution in [0.4, 0.5) is 0 Å². The molecular formula is C21H24ClN5O2. The fourth-order valence-corrected chi connectivity index (χ4v) is 4.42. The molecule has 3 aromatic rings. The van der Waals surface area contributed by atoms with E-state index in [2.05, 4.69) is 32.2 Å². The summed E-state index contributed by atoms with van der Waals surface area (Å²) in [6.45, 7) is 4.30. The van der Waals surface area contributed by atoms with Crippen molar-refractivity contribution >= 4 is 22.6 Å². The van der Waals surface area contributed by atoms with Crippen molar-refractivity contribution in [1.82, 2.24) is 25.0 Å². The molecule has 0 radical (unpaired) electrons. The number of likely N-dealkylation sites (tertiary alicyclic amines) is 1. The summed E-state index contributed by atoms with van der Waals surface area (Å²) < 4.78 is 10.9. The van der Waals surface area contributed by atoms with Crippen molar-refractivity contribution in [3.8, 4) is 0 Å². The summed E-state index contributed by atoms with van der Waals surface area (Å²) in [6, 6.07) is 6.09. The number of pyridine rings is 2. The van der Waals surface area contributed by atoms with Gasteiger partial charge in [0.15, 0.2) is 11.5 Å². The average molecular weight is 414 g/mol. The molecule has 2 saturated heterocycles. The van der Waals surface area contributed by atoms with E-state index in [1.807, 2.05) is 6.07 Å². The minimum absolute atomic E-state index is 0.346. The van der Waals surface area contributed by atoms with Crippen LogP contribution in [0.2, 0.25) is 5.02 Å². The van der Waals surface area contributed by atoms with Gasteiger partial charge < -0.3 is 9.26 Å². The molecule has 5 rings (SSSR count). The number of hydrogen-bond acceptors (Lipinski definition) is 7. The van der Waals surface area contributed by atoms with Gasteiger partial charge >= 0.3 is 0 Å². The Labute approximate surface area is 174 Å². The van der Waals surface area contributed by atoms with Crippen LogP contribution in [0.25, 0.3) is 11.0 Å². The Morgan fingerprint density at radius 2 is 1.86 bits per heavy atom. The second-order valence-corrected chi connectivity index (χ2v) is 8.36. The van der Waals surface area contributed by atoms with Crippen molar-refractivity contribution in [1.29, 1.82) is 0 Å². The largest absolute Gasteiger partial charge is 0.381 e. The van der Waals surface area contributed by atoms with Gasteiger partial charge in [0, 0.05) is 42.3 Å². The molecular weight excluding hydrogens is 390 g/mol. The maximum Gasteiger partial charge on any atom is 0.229 e. The number of aromatic nitrogens is 4. The van der Waals surface area contributed by atoms with Gasteiger partial charge in [0.2, 0.25) is 5.89 Å². The van der Waals surface area contributed by atoms with Gasteiger partial charge in [-0.25, -0.2) is 9.97 Å². The molecule has 2 aliphatic heterocycles. The van der Waals surface area contributed by atoms with Gasteiger partial charge in [0.05, 0.1) is 11.6 Å². The van der Waals surface area contributed by atoms with Gasteiger partial charge in [-0.3, -0.25) is 4.90 Å². The molecule has 8 heteroatoms. The molecule has 5 heterocycles. The molecule has 0 N–H and O–H groups in total. The summed E-state index contributed by atoms with van der Waals surface area (Å²) in [4.78, 5) is 16.2. The van der Waals surface area contributed by atoms with E-state index in [-0.39, 0.29) is 0 Å². The molecule has 0 aliphatic carbocycles. The fraction of sp³-hybridized carbons (Fsp3) is 0.524. The summed E-state index contributed by atoms with van der Waals surface area (Å²) in [5, 5.41) is 5.83. The van der Waals surface area contributed by atoms with Gasteiger partial charge in [-0.15, -0.1) is 0 Å². The summed E-state index contributed by atoms with van der Waals surface area (Å²) in [7, 11) is 0. The van der Waals surface area contributed by atoms with Crippen LogP contribution in [0.1, 0.15) is 54.9 Å². The minimum atomic E-state index is 0.346. The highest BCUT2D eigenvalue weighted by atomic mass is 35.5. The Morgan fingerprint density at radius 1 is 1.03 bits per heavy atom. The van der Waals surface area contributed by atoms with Crippen molar-refractivity contribution in [3.63, 3.8) is 0 Å². The number of nitrogens with zero attached hydrogens (tertiary/aromatic N) is 5. The zero-order valence-corrected chi connectivity index (χ0v) is 17.0. The fourth-order valence-electron chi connectivity index (χ4n) is 4.25. The highest BCUT2D eigenvalue weighted by molar-refractivity contribution is 6.31. The number of fused-ring (bicyclic) bond motifs is 1. The normalized spacial score (nSPS) is 19.8. The molecule has 2 fully saturated rings. The Morgan fingerprint density at radius 3 is 2.69 bits per heavy atom. The van der Waals surface area contributed by atoms with Crippen molar-refractivity contribution < 1.29 is 9.26 Å². The maximum atomic E-state index is 6.02. The van der Waals surface area contributed by atoms with E-state index in [1.165, 1.54) is 0 Å². The van der Waals surface area contributed by atoms with Crippen LogP contribution >= 0.6 is 11.6 Å². The monoisotopic (exact) mass is 413 g/mol. The first-order chi connectivity index (χ1) is 14.2. The lowest BCUT2D eigenvalue weighted by Crippen LogP contribution is -2.33. The molecule has 0 spiro atoms. The zero-order valence-electron chi connectivity index (χ0n) is 16.3. The SMILES string of the molecule is Clc1cnc2nc(C3CCN(Cc4noc(C5CCOCC5)n4)CC3)ccc2c1. The van der Waals surface area contributed by atoms with E-state index >= 15 is 0 Å². The first kappa shape index (κ1) is 18.9. The predicted octanol–water partition coefficient (Wildman–Crippen LogP) is 3.94. The predicted molar refractivity (Wildman–Crippen MR) is 109 cm³/mol. The third-order valence-corrected chi connectivity index (χ3v) is 6.16. The molecule has 0 unspecified atom stereocenters. The standard InChI is InChI=1S/C21H24ClN5O2/c22-17-11-16-1-2-18(24-20(16)23-12-17)14-3-7-27(8-4-14)13-19-25-21(29-26-19)15-5-9-28-10-6-15/h1-2,11-12,14-15H,3-10,13H2. The Balaban J connectivity index is 1.18. The van der Waals surface area contributed by atoms with E-state index in [0.29, 0.717) is 16.9 Å². The molecule has 0 amide bonds. The lowest BCUT2D eigenvalue weighted by molar-refractivity contribution is 0.0778. The summed E-state index contributed by atoms with van der Waals surface area (Å²) >= 11 is 6.02. The second kappa shape index (κ2) is 8.34. The van der Waals surface area contributed by atoms with Crippen LogP contribution in [0.3, 0.4) is 0 Å². The van der Waals surface area contributed by atoms with Crippen molar-refractivity contribution in [2.45, 2.75) is 44.1 Å². The van der Waals surface area contributed by atoms with Crippen LogP contribution in [0.5, 0.6) is 0 Å². The first-order valence-corrected chi connectivity index (χ1v) is 10.7. The molecule has 2 aliphatic rings. The Bertz CT molecular complexity index is 980. The van der Waals surface area contributed by atoms with E-state index in [0.717, 1.165) is 87.0 Å². The number of ether oxygens (including phenoxy) is 1. The third kappa shape index (κ3) is 4.27.